The monoisotopic (exact) mass is 411 g/mol. The fourth-order valence-corrected chi connectivity index (χ4v) is 7.09. The van der Waals surface area contributed by atoms with Crippen molar-refractivity contribution in [3.05, 3.63) is 29.8 Å². The van der Waals surface area contributed by atoms with Gasteiger partial charge in [-0.25, -0.2) is 0 Å². The summed E-state index contributed by atoms with van der Waals surface area (Å²) in [5.41, 5.74) is 2.43. The highest BCUT2D eigenvalue weighted by Crippen LogP contribution is 2.61. The first-order valence-electron chi connectivity index (χ1n) is 10.8. The number of hydrogen-bond donors (Lipinski definition) is 1. The van der Waals surface area contributed by atoms with E-state index in [0.29, 0.717) is 16.3 Å². The molecule has 4 bridgehead atoms. The van der Waals surface area contributed by atoms with E-state index >= 15 is 0 Å². The summed E-state index contributed by atoms with van der Waals surface area (Å²) in [5, 5.41) is 16.0. The molecule has 4 aliphatic carbocycles. The zero-order valence-electron chi connectivity index (χ0n) is 17.2. The van der Waals surface area contributed by atoms with Gasteiger partial charge in [0.1, 0.15) is 0 Å². The number of rotatable bonds is 6. The molecule has 1 atom stereocenters. The maximum atomic E-state index is 12.7. The summed E-state index contributed by atoms with van der Waals surface area (Å²) in [6.45, 7) is 4.28. The van der Waals surface area contributed by atoms with Crippen molar-refractivity contribution in [2.24, 2.45) is 23.2 Å². The van der Waals surface area contributed by atoms with Crippen molar-refractivity contribution in [3.8, 4) is 5.69 Å². The lowest BCUT2D eigenvalue weighted by atomic mass is 9.48. The van der Waals surface area contributed by atoms with E-state index in [1.165, 1.54) is 55.9 Å². The van der Waals surface area contributed by atoms with Gasteiger partial charge >= 0.3 is 0 Å². The number of carbonyl (C=O) groups is 1. The molecule has 1 amide bonds. The number of aryl methyl sites for hydroxylation is 1. The van der Waals surface area contributed by atoms with Crippen LogP contribution in [0.4, 0.5) is 0 Å². The van der Waals surface area contributed by atoms with Crippen molar-refractivity contribution in [1.29, 1.82) is 0 Å². The molecule has 1 aromatic carbocycles. The molecule has 1 heterocycles. The van der Waals surface area contributed by atoms with Gasteiger partial charge in [-0.1, -0.05) is 29.5 Å². The summed E-state index contributed by atoms with van der Waals surface area (Å²) < 4.78 is 1.69. The Morgan fingerprint density at radius 1 is 1.17 bits per heavy atom. The molecular weight excluding hydrogens is 382 g/mol. The highest BCUT2D eigenvalue weighted by molar-refractivity contribution is 7.99. The summed E-state index contributed by atoms with van der Waals surface area (Å²) in [7, 11) is 0. The van der Waals surface area contributed by atoms with Crippen molar-refractivity contribution >= 4 is 17.7 Å². The number of benzene rings is 1. The second-order valence-corrected chi connectivity index (χ2v) is 10.5. The van der Waals surface area contributed by atoms with Crippen LogP contribution < -0.4 is 5.32 Å². The second kappa shape index (κ2) is 7.42. The molecule has 0 radical (unpaired) electrons. The van der Waals surface area contributed by atoms with Gasteiger partial charge in [0.2, 0.25) is 11.1 Å². The van der Waals surface area contributed by atoms with Gasteiger partial charge in [0.15, 0.2) is 0 Å². The van der Waals surface area contributed by atoms with Crippen LogP contribution in [0.5, 0.6) is 0 Å². The van der Waals surface area contributed by atoms with Crippen molar-refractivity contribution in [3.63, 3.8) is 0 Å². The lowest BCUT2D eigenvalue weighted by molar-refractivity contribution is -0.123. The largest absolute Gasteiger partial charge is 0.352 e. The molecule has 4 saturated carbocycles. The Bertz CT molecular complexity index is 858. The molecule has 4 aliphatic rings. The van der Waals surface area contributed by atoms with Crippen molar-refractivity contribution in [2.45, 2.75) is 63.6 Å². The molecule has 2 aromatic rings. The van der Waals surface area contributed by atoms with Gasteiger partial charge in [-0.2, -0.15) is 4.68 Å². The van der Waals surface area contributed by atoms with Gasteiger partial charge in [0.25, 0.3) is 0 Å². The van der Waals surface area contributed by atoms with E-state index in [1.807, 2.05) is 31.2 Å². The smallest absolute Gasteiger partial charge is 0.230 e. The molecule has 0 unspecified atom stereocenters. The van der Waals surface area contributed by atoms with Crippen LogP contribution >= 0.6 is 11.8 Å². The molecular formula is C22H29N5OS. The second-order valence-electron chi connectivity index (χ2n) is 9.57. The molecule has 0 spiro atoms. The number of tetrazole rings is 1. The van der Waals surface area contributed by atoms with E-state index < -0.39 is 0 Å². The molecule has 154 valence electrons. The summed E-state index contributed by atoms with van der Waals surface area (Å²) in [6, 6.07) is 8.30. The number of carbonyl (C=O) groups excluding carboxylic acids is 1. The molecule has 0 saturated heterocycles. The minimum Gasteiger partial charge on any atom is -0.352 e. The minimum absolute atomic E-state index is 0.0803. The molecule has 29 heavy (non-hydrogen) atoms. The number of nitrogens with zero attached hydrogens (tertiary/aromatic N) is 4. The standard InChI is InChI=1S/C22H29N5OS/c1-14-3-5-19(6-4-14)27-21(24-25-26-27)29-13-20(28)23-15(2)22-10-16-7-17(11-22)9-18(8-16)12-22/h3-6,15-18H,7-13H2,1-2H3,(H,23,28)/t15-,16?,17?,18?,22?/m1/s1. The Morgan fingerprint density at radius 2 is 1.79 bits per heavy atom. The quantitative estimate of drug-likeness (QED) is 0.732. The number of amides is 1. The summed E-state index contributed by atoms with van der Waals surface area (Å²) in [6.07, 6.45) is 8.20. The molecule has 7 heteroatoms. The van der Waals surface area contributed by atoms with E-state index in [-0.39, 0.29) is 11.9 Å². The summed E-state index contributed by atoms with van der Waals surface area (Å²) >= 11 is 1.39. The minimum atomic E-state index is 0.0803. The van der Waals surface area contributed by atoms with Crippen LogP contribution in [0, 0.1) is 30.1 Å². The third kappa shape index (κ3) is 3.69. The average molecular weight is 412 g/mol. The highest BCUT2D eigenvalue weighted by atomic mass is 32.2. The predicted molar refractivity (Wildman–Crippen MR) is 113 cm³/mol. The normalized spacial score (nSPS) is 31.0. The Labute approximate surface area is 176 Å². The van der Waals surface area contributed by atoms with Crippen LogP contribution in [0.2, 0.25) is 0 Å². The number of hydrogen-bond acceptors (Lipinski definition) is 5. The van der Waals surface area contributed by atoms with Crippen LogP contribution in [0.1, 0.15) is 51.0 Å². The van der Waals surface area contributed by atoms with E-state index in [0.717, 1.165) is 23.4 Å². The molecule has 6 nitrogen and oxygen atoms in total. The first-order valence-corrected chi connectivity index (χ1v) is 11.8. The summed E-state index contributed by atoms with van der Waals surface area (Å²) in [5.74, 6) is 3.11. The third-order valence-electron chi connectivity index (χ3n) is 7.43. The van der Waals surface area contributed by atoms with E-state index in [9.17, 15) is 4.79 Å². The van der Waals surface area contributed by atoms with Gasteiger partial charge in [0, 0.05) is 6.04 Å². The van der Waals surface area contributed by atoms with E-state index in [1.54, 1.807) is 4.68 Å². The first kappa shape index (κ1) is 19.1. The Balaban J connectivity index is 1.20. The Hall–Kier alpha value is -1.89. The van der Waals surface area contributed by atoms with Gasteiger partial charge in [-0.15, -0.1) is 5.10 Å². The van der Waals surface area contributed by atoms with E-state index in [4.69, 9.17) is 0 Å². The van der Waals surface area contributed by atoms with Crippen LogP contribution in [0.15, 0.2) is 29.4 Å². The number of nitrogens with one attached hydrogen (secondary N) is 1. The van der Waals surface area contributed by atoms with Gasteiger partial charge in [-0.05, 0) is 98.1 Å². The summed E-state index contributed by atoms with van der Waals surface area (Å²) in [4.78, 5) is 12.7. The predicted octanol–water partition coefficient (Wildman–Crippen LogP) is 3.78. The van der Waals surface area contributed by atoms with Crippen molar-refractivity contribution in [2.75, 3.05) is 5.75 Å². The maximum absolute atomic E-state index is 12.7. The Kier molecular flexibility index (Phi) is 4.88. The SMILES string of the molecule is Cc1ccc(-n2nnnc2SCC(=O)N[C@H](C)C23CC4CC(CC(C4)C2)C3)cc1. The van der Waals surface area contributed by atoms with E-state index in [2.05, 4.69) is 27.8 Å². The molecule has 1 N–H and O–H groups in total. The zero-order chi connectivity index (χ0) is 20.0. The lowest BCUT2D eigenvalue weighted by Gasteiger charge is -2.59. The van der Waals surface area contributed by atoms with Crippen molar-refractivity contribution < 1.29 is 4.79 Å². The molecule has 4 fully saturated rings. The zero-order valence-corrected chi connectivity index (χ0v) is 18.0. The van der Waals surface area contributed by atoms with Crippen LogP contribution in [-0.2, 0) is 4.79 Å². The number of aromatic nitrogens is 4. The molecule has 1 aromatic heterocycles. The van der Waals surface area contributed by atoms with Gasteiger partial charge in [-0.3, -0.25) is 4.79 Å². The van der Waals surface area contributed by atoms with Crippen LogP contribution in [0.25, 0.3) is 5.69 Å². The Morgan fingerprint density at radius 3 is 2.41 bits per heavy atom. The maximum Gasteiger partial charge on any atom is 0.230 e. The lowest BCUT2D eigenvalue weighted by Crippen LogP contribution is -2.56. The van der Waals surface area contributed by atoms with Gasteiger partial charge in [0.05, 0.1) is 11.4 Å². The fraction of sp³-hybridized carbons (Fsp3) is 0.636. The average Bonchev–Trinajstić information content (AvgIpc) is 3.14. The molecule has 0 aliphatic heterocycles. The van der Waals surface area contributed by atoms with Crippen LogP contribution in [0.3, 0.4) is 0 Å². The number of thioether (sulfide) groups is 1. The topological polar surface area (TPSA) is 72.7 Å². The van der Waals surface area contributed by atoms with Crippen LogP contribution in [-0.4, -0.2) is 37.9 Å². The van der Waals surface area contributed by atoms with Gasteiger partial charge < -0.3 is 5.32 Å². The highest BCUT2D eigenvalue weighted by Gasteiger charge is 2.53. The third-order valence-corrected chi connectivity index (χ3v) is 8.35. The first-order chi connectivity index (χ1) is 14.0. The fourth-order valence-electron chi connectivity index (χ4n) is 6.39. The van der Waals surface area contributed by atoms with Crippen molar-refractivity contribution in [1.82, 2.24) is 25.5 Å². The molecule has 6 rings (SSSR count).